The second-order valence-corrected chi connectivity index (χ2v) is 5.32. The Morgan fingerprint density at radius 3 is 2.67 bits per heavy atom. The zero-order chi connectivity index (χ0) is 13.1. The minimum atomic E-state index is -0.328. The normalized spacial score (nSPS) is 25.8. The lowest BCUT2D eigenvalue weighted by Crippen LogP contribution is -2.34. The summed E-state index contributed by atoms with van der Waals surface area (Å²) in [7, 11) is 0. The van der Waals surface area contributed by atoms with Gasteiger partial charge in [-0.25, -0.2) is 0 Å². The van der Waals surface area contributed by atoms with Crippen molar-refractivity contribution in [3.63, 3.8) is 0 Å². The molecule has 18 heavy (non-hydrogen) atoms. The molecule has 0 bridgehead atoms. The third kappa shape index (κ3) is 3.03. The van der Waals surface area contributed by atoms with Gasteiger partial charge in [0.1, 0.15) is 11.9 Å². The van der Waals surface area contributed by atoms with E-state index in [4.69, 9.17) is 10.5 Å². The van der Waals surface area contributed by atoms with Gasteiger partial charge in [0.05, 0.1) is 6.10 Å². The summed E-state index contributed by atoms with van der Waals surface area (Å²) in [6.45, 7) is 4.00. The zero-order valence-electron chi connectivity index (χ0n) is 11.2. The Balaban J connectivity index is 2.09. The molecule has 2 rings (SSSR count). The summed E-state index contributed by atoms with van der Waals surface area (Å²) in [5, 5.41) is 9.92. The van der Waals surface area contributed by atoms with Crippen LogP contribution in [0, 0.1) is 6.92 Å². The van der Waals surface area contributed by atoms with Crippen molar-refractivity contribution in [3.8, 4) is 5.75 Å². The van der Waals surface area contributed by atoms with E-state index in [-0.39, 0.29) is 18.2 Å². The number of rotatable bonds is 3. The third-order valence-electron chi connectivity index (χ3n) is 3.67. The largest absolute Gasteiger partial charge is 0.487 e. The van der Waals surface area contributed by atoms with E-state index < -0.39 is 0 Å². The molecule has 0 aromatic heterocycles. The van der Waals surface area contributed by atoms with E-state index in [1.54, 1.807) is 0 Å². The summed E-state index contributed by atoms with van der Waals surface area (Å²) in [4.78, 5) is 0. The molecule has 2 unspecified atom stereocenters. The number of ether oxygens (including phenoxy) is 1. The molecule has 0 spiro atoms. The topological polar surface area (TPSA) is 55.5 Å². The molecule has 1 aliphatic carbocycles. The van der Waals surface area contributed by atoms with Crippen LogP contribution in [0.25, 0.3) is 0 Å². The van der Waals surface area contributed by atoms with Crippen LogP contribution in [-0.4, -0.2) is 17.3 Å². The highest BCUT2D eigenvalue weighted by Crippen LogP contribution is 2.27. The number of hydrogen-bond donors (Lipinski definition) is 2. The van der Waals surface area contributed by atoms with Gasteiger partial charge >= 0.3 is 0 Å². The number of benzene rings is 1. The molecule has 0 aliphatic heterocycles. The predicted molar refractivity (Wildman–Crippen MR) is 72.7 cm³/mol. The number of aryl methyl sites for hydroxylation is 1. The van der Waals surface area contributed by atoms with E-state index in [2.05, 4.69) is 6.07 Å². The Bertz CT molecular complexity index is 403. The second-order valence-electron chi connectivity index (χ2n) is 5.32. The van der Waals surface area contributed by atoms with Crippen molar-refractivity contribution in [2.24, 2.45) is 5.73 Å². The summed E-state index contributed by atoms with van der Waals surface area (Å²) in [5.74, 6) is 0.866. The standard InChI is InChI=1S/C15H23NO2/c1-10-9-12(11(2)16)7-8-14(10)18-15-6-4-3-5-13(15)17/h7-9,11,13,15,17H,3-6,16H2,1-2H3/t11-,13?,15?/m0/s1. The molecule has 0 amide bonds. The molecule has 1 aliphatic rings. The molecule has 3 heteroatoms. The monoisotopic (exact) mass is 249 g/mol. The summed E-state index contributed by atoms with van der Waals surface area (Å²) in [5.41, 5.74) is 8.06. The van der Waals surface area contributed by atoms with Crippen molar-refractivity contribution < 1.29 is 9.84 Å². The highest BCUT2D eigenvalue weighted by Gasteiger charge is 2.25. The number of aliphatic hydroxyl groups excluding tert-OH is 1. The maximum atomic E-state index is 9.92. The fourth-order valence-electron chi connectivity index (χ4n) is 2.47. The first-order chi connectivity index (χ1) is 8.58. The van der Waals surface area contributed by atoms with Crippen LogP contribution >= 0.6 is 0 Å². The van der Waals surface area contributed by atoms with Gasteiger partial charge in [-0.3, -0.25) is 0 Å². The van der Waals surface area contributed by atoms with Crippen LogP contribution in [0.5, 0.6) is 5.75 Å². The summed E-state index contributed by atoms with van der Waals surface area (Å²) in [6, 6.07) is 6.07. The number of hydrogen-bond acceptors (Lipinski definition) is 3. The first kappa shape index (κ1) is 13.4. The average molecular weight is 249 g/mol. The molecule has 3 atom stereocenters. The predicted octanol–water partition coefficient (Wildman–Crippen LogP) is 2.70. The van der Waals surface area contributed by atoms with E-state index in [0.717, 1.165) is 42.6 Å². The molecule has 100 valence electrons. The van der Waals surface area contributed by atoms with Crippen LogP contribution in [0.15, 0.2) is 18.2 Å². The first-order valence-electron chi connectivity index (χ1n) is 6.79. The highest BCUT2D eigenvalue weighted by molar-refractivity contribution is 5.37. The van der Waals surface area contributed by atoms with Gasteiger partial charge in [-0.1, -0.05) is 18.6 Å². The van der Waals surface area contributed by atoms with Crippen LogP contribution in [0.4, 0.5) is 0 Å². The molecule has 1 saturated carbocycles. The van der Waals surface area contributed by atoms with E-state index >= 15 is 0 Å². The molecule has 1 aromatic carbocycles. The third-order valence-corrected chi connectivity index (χ3v) is 3.67. The number of nitrogens with two attached hydrogens (primary N) is 1. The van der Waals surface area contributed by atoms with Crippen LogP contribution in [0.1, 0.15) is 49.8 Å². The maximum Gasteiger partial charge on any atom is 0.124 e. The fraction of sp³-hybridized carbons (Fsp3) is 0.600. The molecule has 1 fully saturated rings. The van der Waals surface area contributed by atoms with Crippen molar-refractivity contribution in [2.75, 3.05) is 0 Å². The Morgan fingerprint density at radius 2 is 2.06 bits per heavy atom. The van der Waals surface area contributed by atoms with Crippen LogP contribution in [0.3, 0.4) is 0 Å². The molecule has 0 radical (unpaired) electrons. The SMILES string of the molecule is Cc1cc([C@H](C)N)ccc1OC1CCCCC1O. The lowest BCUT2D eigenvalue weighted by atomic mass is 9.94. The minimum Gasteiger partial charge on any atom is -0.487 e. The molecule has 0 saturated heterocycles. The summed E-state index contributed by atoms with van der Waals surface area (Å²) in [6.07, 6.45) is 3.64. The first-order valence-corrected chi connectivity index (χ1v) is 6.79. The van der Waals surface area contributed by atoms with Crippen molar-refractivity contribution in [3.05, 3.63) is 29.3 Å². The van der Waals surface area contributed by atoms with Gasteiger partial charge < -0.3 is 15.6 Å². The molecular formula is C15H23NO2. The lowest BCUT2D eigenvalue weighted by molar-refractivity contribution is 0.00653. The quantitative estimate of drug-likeness (QED) is 0.866. The smallest absolute Gasteiger partial charge is 0.124 e. The number of aliphatic hydroxyl groups is 1. The molecule has 1 aromatic rings. The van der Waals surface area contributed by atoms with Crippen LogP contribution in [-0.2, 0) is 0 Å². The average Bonchev–Trinajstić information content (AvgIpc) is 2.34. The Labute approximate surface area is 109 Å². The van der Waals surface area contributed by atoms with Gasteiger partial charge in [0, 0.05) is 6.04 Å². The molecular weight excluding hydrogens is 226 g/mol. The Hall–Kier alpha value is -1.06. The van der Waals surface area contributed by atoms with Crippen molar-refractivity contribution in [1.29, 1.82) is 0 Å². The van der Waals surface area contributed by atoms with Crippen molar-refractivity contribution in [2.45, 2.75) is 57.8 Å². The van der Waals surface area contributed by atoms with Crippen LogP contribution < -0.4 is 10.5 Å². The van der Waals surface area contributed by atoms with Gasteiger partial charge in [-0.2, -0.15) is 0 Å². The molecule has 0 heterocycles. The van der Waals surface area contributed by atoms with Gasteiger partial charge in [0.15, 0.2) is 0 Å². The van der Waals surface area contributed by atoms with Gasteiger partial charge in [0.2, 0.25) is 0 Å². The molecule has 3 nitrogen and oxygen atoms in total. The minimum absolute atomic E-state index is 0.0398. The highest BCUT2D eigenvalue weighted by atomic mass is 16.5. The van der Waals surface area contributed by atoms with Gasteiger partial charge in [-0.15, -0.1) is 0 Å². The van der Waals surface area contributed by atoms with E-state index in [0.29, 0.717) is 0 Å². The fourth-order valence-corrected chi connectivity index (χ4v) is 2.47. The Kier molecular flexibility index (Phi) is 4.25. The van der Waals surface area contributed by atoms with E-state index in [9.17, 15) is 5.11 Å². The second kappa shape index (κ2) is 5.72. The van der Waals surface area contributed by atoms with E-state index in [1.165, 1.54) is 0 Å². The van der Waals surface area contributed by atoms with Crippen molar-refractivity contribution in [1.82, 2.24) is 0 Å². The van der Waals surface area contributed by atoms with E-state index in [1.807, 2.05) is 26.0 Å². The summed E-state index contributed by atoms with van der Waals surface area (Å²) >= 11 is 0. The lowest BCUT2D eigenvalue weighted by Gasteiger charge is -2.29. The van der Waals surface area contributed by atoms with Gasteiger partial charge in [0.25, 0.3) is 0 Å². The summed E-state index contributed by atoms with van der Waals surface area (Å²) < 4.78 is 5.94. The van der Waals surface area contributed by atoms with Crippen LogP contribution in [0.2, 0.25) is 0 Å². The van der Waals surface area contributed by atoms with Gasteiger partial charge in [-0.05, 0) is 50.3 Å². The molecule has 3 N–H and O–H groups in total. The Morgan fingerprint density at radius 1 is 1.33 bits per heavy atom. The van der Waals surface area contributed by atoms with Crippen molar-refractivity contribution >= 4 is 0 Å². The maximum absolute atomic E-state index is 9.92. The zero-order valence-corrected chi connectivity index (χ0v) is 11.2.